The molecule has 0 atom stereocenters. The van der Waals surface area contributed by atoms with Gasteiger partial charge in [-0.1, -0.05) is 35.9 Å². The number of carbonyl (C=O) groups is 1. The van der Waals surface area contributed by atoms with Crippen LogP contribution in [0.3, 0.4) is 0 Å². The molecule has 0 heterocycles. The Labute approximate surface area is 178 Å². The van der Waals surface area contributed by atoms with Crippen molar-refractivity contribution in [2.24, 2.45) is 0 Å². The maximum Gasteiger partial charge on any atom is 0.335 e. The van der Waals surface area contributed by atoms with E-state index in [4.69, 9.17) is 22.4 Å². The molecule has 8 nitrogen and oxygen atoms in total. The minimum Gasteiger partial charge on any atom is -0.478 e. The Hall–Kier alpha value is -3.27. The lowest BCUT2D eigenvalue weighted by Gasteiger charge is -2.16. The molecule has 3 aromatic rings. The molecule has 0 fully saturated rings. The number of sulfonamides is 1. The molecule has 0 unspecified atom stereocenters. The lowest BCUT2D eigenvalue weighted by Crippen LogP contribution is -2.24. The van der Waals surface area contributed by atoms with Gasteiger partial charge in [0.25, 0.3) is 10.0 Å². The van der Waals surface area contributed by atoms with Crippen LogP contribution in [-0.2, 0) is 16.6 Å². The standard InChI is InChI=1S/C20H19ClN4O4S/c21-16-3-1-2-4-17(16)25-30(28,29)19-11-15(22)9-10-18(19)24-23-12-13-5-7-14(8-6-13)20(26)27/h1-11,23-25H,12,22H2,(H,26,27). The van der Waals surface area contributed by atoms with Gasteiger partial charge >= 0.3 is 5.97 Å². The van der Waals surface area contributed by atoms with Crippen LogP contribution in [0.25, 0.3) is 0 Å². The molecule has 3 aromatic carbocycles. The molecule has 10 heteroatoms. The zero-order chi connectivity index (χ0) is 21.7. The van der Waals surface area contributed by atoms with E-state index in [1.807, 2.05) is 0 Å². The molecule has 0 aromatic heterocycles. The number of nitrogens with one attached hydrogen (secondary N) is 3. The van der Waals surface area contributed by atoms with Crippen molar-refractivity contribution in [3.8, 4) is 0 Å². The van der Waals surface area contributed by atoms with E-state index in [1.165, 1.54) is 24.3 Å². The fraction of sp³-hybridized carbons (Fsp3) is 0.0500. The van der Waals surface area contributed by atoms with Crippen molar-refractivity contribution in [2.45, 2.75) is 11.4 Å². The van der Waals surface area contributed by atoms with E-state index in [0.29, 0.717) is 6.54 Å². The third-order valence-electron chi connectivity index (χ3n) is 4.13. The maximum absolute atomic E-state index is 12.9. The summed E-state index contributed by atoms with van der Waals surface area (Å²) in [5.41, 5.74) is 13.4. The van der Waals surface area contributed by atoms with E-state index in [1.54, 1.807) is 42.5 Å². The normalized spacial score (nSPS) is 11.1. The maximum atomic E-state index is 12.9. The zero-order valence-corrected chi connectivity index (χ0v) is 17.2. The Kier molecular flexibility index (Phi) is 6.46. The van der Waals surface area contributed by atoms with E-state index in [-0.39, 0.29) is 32.5 Å². The highest BCUT2D eigenvalue weighted by atomic mass is 35.5. The van der Waals surface area contributed by atoms with Crippen molar-refractivity contribution in [3.05, 3.63) is 82.9 Å². The molecule has 0 saturated heterocycles. The number of nitrogens with two attached hydrogens (primary N) is 1. The van der Waals surface area contributed by atoms with Crippen molar-refractivity contribution in [1.29, 1.82) is 0 Å². The minimum atomic E-state index is -3.98. The summed E-state index contributed by atoms with van der Waals surface area (Å²) in [6, 6.07) is 17.3. The average Bonchev–Trinajstić information content (AvgIpc) is 2.71. The predicted molar refractivity (Wildman–Crippen MR) is 117 cm³/mol. The van der Waals surface area contributed by atoms with Gasteiger partial charge in [-0.05, 0) is 48.0 Å². The molecular weight excluding hydrogens is 428 g/mol. The van der Waals surface area contributed by atoms with E-state index in [2.05, 4.69) is 15.6 Å². The van der Waals surface area contributed by atoms with E-state index in [9.17, 15) is 13.2 Å². The van der Waals surface area contributed by atoms with Crippen molar-refractivity contribution in [1.82, 2.24) is 5.43 Å². The van der Waals surface area contributed by atoms with Gasteiger partial charge in [-0.25, -0.2) is 18.6 Å². The molecule has 0 radical (unpaired) electrons. The van der Waals surface area contributed by atoms with Gasteiger partial charge in [0.15, 0.2) is 0 Å². The van der Waals surface area contributed by atoms with Crippen molar-refractivity contribution in [2.75, 3.05) is 15.9 Å². The van der Waals surface area contributed by atoms with E-state index in [0.717, 1.165) is 5.56 Å². The van der Waals surface area contributed by atoms with Gasteiger partial charge in [0.1, 0.15) is 4.90 Å². The molecule has 0 amide bonds. The van der Waals surface area contributed by atoms with Crippen LogP contribution in [-0.4, -0.2) is 19.5 Å². The second kappa shape index (κ2) is 9.04. The summed E-state index contributed by atoms with van der Waals surface area (Å²) in [4.78, 5) is 10.9. The first-order valence-electron chi connectivity index (χ1n) is 8.74. The molecule has 0 aliphatic heterocycles. The first-order chi connectivity index (χ1) is 14.3. The van der Waals surface area contributed by atoms with Crippen molar-refractivity contribution < 1.29 is 18.3 Å². The van der Waals surface area contributed by atoms with Crippen LogP contribution in [0.15, 0.2) is 71.6 Å². The number of para-hydroxylation sites is 1. The second-order valence-corrected chi connectivity index (χ2v) is 8.38. The molecule has 30 heavy (non-hydrogen) atoms. The summed E-state index contributed by atoms with van der Waals surface area (Å²) in [6.07, 6.45) is 0. The van der Waals surface area contributed by atoms with Crippen molar-refractivity contribution >= 4 is 44.7 Å². The summed E-state index contributed by atoms with van der Waals surface area (Å²) >= 11 is 6.05. The second-order valence-electron chi connectivity index (χ2n) is 6.32. The molecule has 0 aliphatic carbocycles. The molecular formula is C20H19ClN4O4S. The summed E-state index contributed by atoms with van der Waals surface area (Å²) in [5, 5.41) is 9.21. The topological polar surface area (TPSA) is 134 Å². The summed E-state index contributed by atoms with van der Waals surface area (Å²) in [7, 11) is -3.98. The number of anilines is 3. The fourth-order valence-corrected chi connectivity index (χ4v) is 4.13. The number of rotatable bonds is 8. The lowest BCUT2D eigenvalue weighted by molar-refractivity contribution is 0.0697. The smallest absolute Gasteiger partial charge is 0.335 e. The molecule has 0 bridgehead atoms. The Bertz CT molecular complexity index is 1170. The van der Waals surface area contributed by atoms with Crippen LogP contribution < -0.4 is 21.3 Å². The Morgan fingerprint density at radius 3 is 2.37 bits per heavy atom. The Balaban J connectivity index is 1.76. The molecule has 0 spiro atoms. The quantitative estimate of drug-likeness (QED) is 0.264. The summed E-state index contributed by atoms with van der Waals surface area (Å²) in [5.74, 6) is -1.00. The van der Waals surface area contributed by atoms with Gasteiger partial charge in [0.05, 0.1) is 22.0 Å². The number of carboxylic acids is 1. The lowest BCUT2D eigenvalue weighted by atomic mass is 10.1. The minimum absolute atomic E-state index is 0.0591. The van der Waals surface area contributed by atoms with Gasteiger partial charge in [0, 0.05) is 12.2 Å². The number of halogens is 1. The first-order valence-corrected chi connectivity index (χ1v) is 10.6. The third-order valence-corrected chi connectivity index (χ3v) is 5.86. The van der Waals surface area contributed by atoms with Crippen LogP contribution in [0.1, 0.15) is 15.9 Å². The first kappa shape index (κ1) is 21.4. The number of benzene rings is 3. The largest absolute Gasteiger partial charge is 0.478 e. The number of hydrazine groups is 1. The van der Waals surface area contributed by atoms with Gasteiger partial charge in [-0.2, -0.15) is 0 Å². The molecule has 156 valence electrons. The Morgan fingerprint density at radius 2 is 1.70 bits per heavy atom. The number of carboxylic acid groups (broad SMARTS) is 1. The highest BCUT2D eigenvalue weighted by Crippen LogP contribution is 2.28. The average molecular weight is 447 g/mol. The van der Waals surface area contributed by atoms with Crippen LogP contribution in [0.2, 0.25) is 5.02 Å². The van der Waals surface area contributed by atoms with Gasteiger partial charge in [-0.15, -0.1) is 0 Å². The third kappa shape index (κ3) is 5.20. The number of hydrogen-bond donors (Lipinski definition) is 5. The zero-order valence-electron chi connectivity index (χ0n) is 15.6. The number of aromatic carboxylic acids is 1. The molecule has 3 rings (SSSR count). The highest BCUT2D eigenvalue weighted by molar-refractivity contribution is 7.93. The highest BCUT2D eigenvalue weighted by Gasteiger charge is 2.20. The number of nitrogen functional groups attached to an aromatic ring is 1. The summed E-state index contributed by atoms with van der Waals surface area (Å²) < 4.78 is 28.3. The van der Waals surface area contributed by atoms with Crippen LogP contribution in [0.5, 0.6) is 0 Å². The van der Waals surface area contributed by atoms with E-state index >= 15 is 0 Å². The van der Waals surface area contributed by atoms with Crippen LogP contribution >= 0.6 is 11.6 Å². The monoisotopic (exact) mass is 446 g/mol. The predicted octanol–water partition coefficient (Wildman–Crippen LogP) is 3.54. The fourth-order valence-electron chi connectivity index (χ4n) is 2.61. The van der Waals surface area contributed by atoms with Crippen molar-refractivity contribution in [3.63, 3.8) is 0 Å². The van der Waals surface area contributed by atoms with Gasteiger partial charge in [0.2, 0.25) is 0 Å². The molecule has 6 N–H and O–H groups in total. The van der Waals surface area contributed by atoms with Gasteiger partial charge in [-0.3, -0.25) is 4.72 Å². The molecule has 0 aliphatic rings. The van der Waals surface area contributed by atoms with E-state index < -0.39 is 16.0 Å². The van der Waals surface area contributed by atoms with Gasteiger partial charge < -0.3 is 16.3 Å². The number of hydrogen-bond acceptors (Lipinski definition) is 6. The Morgan fingerprint density at radius 1 is 1.00 bits per heavy atom. The SMILES string of the molecule is Nc1ccc(NNCc2ccc(C(=O)O)cc2)c(S(=O)(=O)Nc2ccccc2Cl)c1. The van der Waals surface area contributed by atoms with Crippen LogP contribution in [0, 0.1) is 0 Å². The van der Waals surface area contributed by atoms with Crippen LogP contribution in [0.4, 0.5) is 17.1 Å². The molecule has 0 saturated carbocycles. The summed E-state index contributed by atoms with van der Waals surface area (Å²) in [6.45, 7) is 0.321.